The number of aliphatic hydroxyl groups excluding tert-OH is 1. The Labute approximate surface area is 197 Å². The normalized spacial score (nSPS) is 14.4. The summed E-state index contributed by atoms with van der Waals surface area (Å²) < 4.78 is 3.85. The second-order valence-corrected chi connectivity index (χ2v) is 8.92. The highest BCUT2D eigenvalue weighted by Gasteiger charge is 2.16. The van der Waals surface area contributed by atoms with Crippen molar-refractivity contribution in [3.8, 4) is 5.82 Å². The summed E-state index contributed by atoms with van der Waals surface area (Å²) in [5.41, 5.74) is 5.03. The molecular formula is C24H28ClN7O. The number of halogens is 1. The number of aliphatic hydroxyl groups is 1. The Bertz CT molecular complexity index is 1290. The number of likely N-dealkylation sites (tertiary alicyclic amines) is 1. The lowest BCUT2D eigenvalue weighted by molar-refractivity contribution is 0.277. The van der Waals surface area contributed by atoms with Crippen LogP contribution in [-0.2, 0) is 13.1 Å². The number of fused-ring (bicyclic) bond motifs is 1. The van der Waals surface area contributed by atoms with E-state index in [-0.39, 0.29) is 6.61 Å². The molecule has 1 aliphatic rings. The van der Waals surface area contributed by atoms with Gasteiger partial charge in [0.1, 0.15) is 0 Å². The van der Waals surface area contributed by atoms with Gasteiger partial charge >= 0.3 is 0 Å². The second kappa shape index (κ2) is 9.13. The molecule has 0 aliphatic carbocycles. The SMILES string of the molecule is Cc1nn(-c2ccnc(Nc3ccc4c(c3)c(Cl)c(C)n4CCO)n2)cc1CN1CCCC1. The van der Waals surface area contributed by atoms with Crippen LogP contribution in [0.4, 0.5) is 11.6 Å². The Morgan fingerprint density at radius 2 is 1.97 bits per heavy atom. The third-order valence-electron chi connectivity index (χ3n) is 6.29. The van der Waals surface area contributed by atoms with E-state index in [9.17, 15) is 5.11 Å². The van der Waals surface area contributed by atoms with Crippen LogP contribution < -0.4 is 5.32 Å². The predicted molar refractivity (Wildman–Crippen MR) is 130 cm³/mol. The van der Waals surface area contributed by atoms with Gasteiger partial charge in [0.25, 0.3) is 0 Å². The zero-order valence-electron chi connectivity index (χ0n) is 18.9. The summed E-state index contributed by atoms with van der Waals surface area (Å²) in [5, 5.41) is 19.0. The molecule has 5 rings (SSSR count). The Balaban J connectivity index is 1.39. The molecule has 2 N–H and O–H groups in total. The summed E-state index contributed by atoms with van der Waals surface area (Å²) >= 11 is 6.56. The Hall–Kier alpha value is -2.94. The van der Waals surface area contributed by atoms with Crippen LogP contribution in [0, 0.1) is 13.8 Å². The highest BCUT2D eigenvalue weighted by Crippen LogP contribution is 2.32. The summed E-state index contributed by atoms with van der Waals surface area (Å²) in [6, 6.07) is 7.81. The summed E-state index contributed by atoms with van der Waals surface area (Å²) in [4.78, 5) is 11.5. The van der Waals surface area contributed by atoms with E-state index >= 15 is 0 Å². The maximum atomic E-state index is 9.37. The van der Waals surface area contributed by atoms with Crippen LogP contribution >= 0.6 is 11.6 Å². The van der Waals surface area contributed by atoms with Crippen LogP contribution in [0.5, 0.6) is 0 Å². The highest BCUT2D eigenvalue weighted by molar-refractivity contribution is 6.36. The Morgan fingerprint density at radius 3 is 2.76 bits per heavy atom. The van der Waals surface area contributed by atoms with E-state index in [0.717, 1.165) is 47.6 Å². The van der Waals surface area contributed by atoms with Gasteiger partial charge in [-0.3, -0.25) is 4.90 Å². The van der Waals surface area contributed by atoms with Crippen LogP contribution in [0.25, 0.3) is 16.7 Å². The minimum atomic E-state index is 0.0637. The molecule has 9 heteroatoms. The highest BCUT2D eigenvalue weighted by atomic mass is 35.5. The van der Waals surface area contributed by atoms with Crippen LogP contribution in [0.1, 0.15) is 29.8 Å². The number of nitrogens with one attached hydrogen (secondary N) is 1. The van der Waals surface area contributed by atoms with E-state index < -0.39 is 0 Å². The molecule has 4 aromatic rings. The van der Waals surface area contributed by atoms with Gasteiger partial charge in [0.2, 0.25) is 5.95 Å². The molecule has 0 radical (unpaired) electrons. The number of anilines is 2. The fourth-order valence-corrected chi connectivity index (χ4v) is 4.78. The Kier molecular flexibility index (Phi) is 6.05. The summed E-state index contributed by atoms with van der Waals surface area (Å²) in [7, 11) is 0. The van der Waals surface area contributed by atoms with Crippen molar-refractivity contribution in [2.75, 3.05) is 25.0 Å². The summed E-state index contributed by atoms with van der Waals surface area (Å²) in [6.07, 6.45) is 6.35. The molecular weight excluding hydrogens is 438 g/mol. The molecule has 0 unspecified atom stereocenters. The molecule has 8 nitrogen and oxygen atoms in total. The van der Waals surface area contributed by atoms with Crippen LogP contribution in [0.15, 0.2) is 36.7 Å². The van der Waals surface area contributed by atoms with Gasteiger partial charge in [-0.15, -0.1) is 0 Å². The maximum Gasteiger partial charge on any atom is 0.229 e. The number of aromatic nitrogens is 5. The summed E-state index contributed by atoms with van der Waals surface area (Å²) in [6.45, 7) is 7.82. The molecule has 0 bridgehead atoms. The van der Waals surface area contributed by atoms with E-state index in [1.807, 2.05) is 47.4 Å². The van der Waals surface area contributed by atoms with Crippen LogP contribution in [0.3, 0.4) is 0 Å². The van der Waals surface area contributed by atoms with Gasteiger partial charge in [-0.25, -0.2) is 9.67 Å². The van der Waals surface area contributed by atoms with Gasteiger partial charge in [0, 0.05) is 59.4 Å². The number of aryl methyl sites for hydroxylation is 1. The number of nitrogens with zero attached hydrogens (tertiary/aromatic N) is 6. The lowest BCUT2D eigenvalue weighted by atomic mass is 10.2. The molecule has 0 atom stereocenters. The predicted octanol–water partition coefficient (Wildman–Crippen LogP) is 4.22. The van der Waals surface area contributed by atoms with Gasteiger partial charge < -0.3 is 15.0 Å². The molecule has 4 heterocycles. The van der Waals surface area contributed by atoms with Crippen molar-refractivity contribution in [3.05, 3.63) is 58.6 Å². The molecule has 1 aliphatic heterocycles. The first-order valence-corrected chi connectivity index (χ1v) is 11.7. The second-order valence-electron chi connectivity index (χ2n) is 8.54. The van der Waals surface area contributed by atoms with Crippen molar-refractivity contribution >= 4 is 34.1 Å². The van der Waals surface area contributed by atoms with Gasteiger partial charge in [-0.2, -0.15) is 10.1 Å². The minimum Gasteiger partial charge on any atom is -0.395 e. The van der Waals surface area contributed by atoms with E-state index in [1.54, 1.807) is 6.20 Å². The monoisotopic (exact) mass is 465 g/mol. The number of hydrogen-bond donors (Lipinski definition) is 2. The molecule has 1 saturated heterocycles. The topological polar surface area (TPSA) is 84.0 Å². The first kappa shape index (κ1) is 21.9. The lowest BCUT2D eigenvalue weighted by Gasteiger charge is -2.13. The zero-order valence-corrected chi connectivity index (χ0v) is 19.7. The lowest BCUT2D eigenvalue weighted by Crippen LogP contribution is -2.18. The molecule has 0 saturated carbocycles. The van der Waals surface area contributed by atoms with Crippen LogP contribution in [-0.4, -0.2) is 54.0 Å². The molecule has 172 valence electrons. The maximum absolute atomic E-state index is 9.37. The average Bonchev–Trinajstić information content (AvgIpc) is 3.52. The van der Waals surface area contributed by atoms with Crippen molar-refractivity contribution in [2.45, 2.75) is 39.8 Å². The molecule has 1 fully saturated rings. The minimum absolute atomic E-state index is 0.0637. The van der Waals surface area contributed by atoms with Crippen LogP contribution in [0.2, 0.25) is 5.02 Å². The van der Waals surface area contributed by atoms with Crippen molar-refractivity contribution in [2.24, 2.45) is 0 Å². The molecule has 0 spiro atoms. The molecule has 33 heavy (non-hydrogen) atoms. The first-order valence-electron chi connectivity index (χ1n) is 11.3. The third-order valence-corrected chi connectivity index (χ3v) is 6.77. The largest absolute Gasteiger partial charge is 0.395 e. The van der Waals surface area contributed by atoms with Gasteiger partial charge in [-0.1, -0.05) is 11.6 Å². The van der Waals surface area contributed by atoms with Gasteiger partial charge in [0.15, 0.2) is 5.82 Å². The van der Waals surface area contributed by atoms with E-state index in [4.69, 9.17) is 11.6 Å². The smallest absolute Gasteiger partial charge is 0.229 e. The third kappa shape index (κ3) is 4.34. The standard InChI is InChI=1S/C24H28ClN7O/c1-16-18(14-30-9-3-4-10-30)15-32(29-16)22-7-8-26-24(28-22)27-19-5-6-21-20(13-19)23(25)17(2)31(21)11-12-33/h5-8,13,15,33H,3-4,9-12,14H2,1-2H3,(H,26,27,28). The first-order chi connectivity index (χ1) is 16.0. The summed E-state index contributed by atoms with van der Waals surface area (Å²) in [5.74, 6) is 1.20. The quantitative estimate of drug-likeness (QED) is 0.425. The van der Waals surface area contributed by atoms with E-state index in [0.29, 0.717) is 23.3 Å². The Morgan fingerprint density at radius 1 is 1.15 bits per heavy atom. The van der Waals surface area contributed by atoms with Crippen molar-refractivity contribution < 1.29 is 5.11 Å². The fraction of sp³-hybridized carbons (Fsp3) is 0.375. The van der Waals surface area contributed by atoms with Gasteiger partial charge in [0.05, 0.1) is 17.3 Å². The van der Waals surface area contributed by atoms with E-state index in [1.165, 1.54) is 18.4 Å². The number of hydrogen-bond acceptors (Lipinski definition) is 6. The van der Waals surface area contributed by atoms with Crippen molar-refractivity contribution in [1.82, 2.24) is 29.2 Å². The molecule has 0 amide bonds. The molecule has 1 aromatic carbocycles. The number of rotatable bonds is 7. The zero-order chi connectivity index (χ0) is 22.9. The van der Waals surface area contributed by atoms with Gasteiger partial charge in [-0.05, 0) is 58.0 Å². The number of benzene rings is 1. The van der Waals surface area contributed by atoms with Crippen molar-refractivity contribution in [3.63, 3.8) is 0 Å². The van der Waals surface area contributed by atoms with E-state index in [2.05, 4.69) is 31.5 Å². The molecule has 3 aromatic heterocycles. The van der Waals surface area contributed by atoms with Crippen molar-refractivity contribution in [1.29, 1.82) is 0 Å². The average molecular weight is 466 g/mol. The fourth-order valence-electron chi connectivity index (χ4n) is 4.52.